The van der Waals surface area contributed by atoms with E-state index in [-0.39, 0.29) is 12.4 Å². The highest BCUT2D eigenvalue weighted by molar-refractivity contribution is 7.99. The van der Waals surface area contributed by atoms with Gasteiger partial charge in [0.2, 0.25) is 5.13 Å². The molecule has 0 bridgehead atoms. The van der Waals surface area contributed by atoms with Gasteiger partial charge in [0.05, 0.1) is 24.9 Å². The number of rotatable bonds is 8. The van der Waals surface area contributed by atoms with Crippen molar-refractivity contribution in [1.29, 1.82) is 0 Å². The first-order valence-electron chi connectivity index (χ1n) is 8.45. The molecule has 0 aliphatic rings. The number of benzene rings is 2. The summed E-state index contributed by atoms with van der Waals surface area (Å²) in [6, 6.07) is 18.3. The van der Waals surface area contributed by atoms with Crippen LogP contribution in [0.4, 0.5) is 5.13 Å². The van der Waals surface area contributed by atoms with Crippen LogP contribution in [0.1, 0.15) is 18.2 Å². The largest absolute Gasteiger partial charge is 0.466 e. The van der Waals surface area contributed by atoms with Crippen molar-refractivity contribution in [3.8, 4) is 0 Å². The Balaban J connectivity index is 1.62. The summed E-state index contributed by atoms with van der Waals surface area (Å²) in [5.74, 6) is -0.273. The highest BCUT2D eigenvalue weighted by atomic mass is 32.2. The standard InChI is InChI=1S/C20H19N3O2S2/c1-2-25-19(24)12-16-14-26-20(22-16)23-21-13-15-8-6-7-11-18(15)27-17-9-4-3-5-10-17/h3-11,13-14H,2,12H2,1H3,(H,22,23). The second kappa shape index (κ2) is 9.89. The Morgan fingerprint density at radius 1 is 1.22 bits per heavy atom. The Hall–Kier alpha value is -2.64. The van der Waals surface area contributed by atoms with Crippen molar-refractivity contribution in [2.75, 3.05) is 12.0 Å². The average molecular weight is 398 g/mol. The number of carbonyl (C=O) groups is 1. The van der Waals surface area contributed by atoms with Gasteiger partial charge in [-0.3, -0.25) is 10.2 Å². The lowest BCUT2D eigenvalue weighted by Gasteiger charge is -2.05. The van der Waals surface area contributed by atoms with E-state index >= 15 is 0 Å². The van der Waals surface area contributed by atoms with Crippen LogP contribution in [0.2, 0.25) is 0 Å². The zero-order valence-corrected chi connectivity index (χ0v) is 16.4. The highest BCUT2D eigenvalue weighted by Gasteiger charge is 2.08. The lowest BCUT2D eigenvalue weighted by Crippen LogP contribution is -2.07. The van der Waals surface area contributed by atoms with Crippen LogP contribution in [0.15, 0.2) is 74.9 Å². The summed E-state index contributed by atoms with van der Waals surface area (Å²) in [5, 5.41) is 6.75. The van der Waals surface area contributed by atoms with Gasteiger partial charge < -0.3 is 4.74 Å². The number of esters is 1. The zero-order valence-electron chi connectivity index (χ0n) is 14.8. The fourth-order valence-electron chi connectivity index (χ4n) is 2.25. The smallest absolute Gasteiger partial charge is 0.311 e. The summed E-state index contributed by atoms with van der Waals surface area (Å²) in [4.78, 5) is 18.1. The molecule has 3 aromatic rings. The maximum absolute atomic E-state index is 11.5. The van der Waals surface area contributed by atoms with Crippen molar-refractivity contribution < 1.29 is 9.53 Å². The number of aromatic nitrogens is 1. The van der Waals surface area contributed by atoms with Crippen LogP contribution in [-0.4, -0.2) is 23.8 Å². The first-order chi connectivity index (χ1) is 13.2. The molecule has 0 radical (unpaired) electrons. The van der Waals surface area contributed by atoms with Crippen molar-refractivity contribution in [2.45, 2.75) is 23.1 Å². The lowest BCUT2D eigenvalue weighted by atomic mass is 10.2. The van der Waals surface area contributed by atoms with Crippen LogP contribution in [0, 0.1) is 0 Å². The van der Waals surface area contributed by atoms with E-state index in [2.05, 4.69) is 33.7 Å². The van der Waals surface area contributed by atoms with Gasteiger partial charge in [-0.05, 0) is 25.1 Å². The molecule has 0 saturated carbocycles. The Kier molecular flexibility index (Phi) is 7.01. The van der Waals surface area contributed by atoms with Crippen molar-refractivity contribution >= 4 is 40.4 Å². The molecular formula is C20H19N3O2S2. The Morgan fingerprint density at radius 2 is 2.00 bits per heavy atom. The zero-order chi connectivity index (χ0) is 18.9. The molecule has 0 spiro atoms. The van der Waals surface area contributed by atoms with Gasteiger partial charge in [-0.1, -0.05) is 48.2 Å². The van der Waals surface area contributed by atoms with Crippen molar-refractivity contribution in [3.05, 3.63) is 71.2 Å². The third kappa shape index (κ3) is 5.94. The molecule has 138 valence electrons. The Bertz CT molecular complexity index is 910. The van der Waals surface area contributed by atoms with Crippen LogP contribution < -0.4 is 5.43 Å². The lowest BCUT2D eigenvalue weighted by molar-refractivity contribution is -0.142. The monoisotopic (exact) mass is 397 g/mol. The highest BCUT2D eigenvalue weighted by Crippen LogP contribution is 2.29. The minimum atomic E-state index is -0.273. The second-order valence-electron chi connectivity index (χ2n) is 5.45. The summed E-state index contributed by atoms with van der Waals surface area (Å²) in [6.45, 7) is 2.16. The summed E-state index contributed by atoms with van der Waals surface area (Å²) >= 11 is 3.10. The summed E-state index contributed by atoms with van der Waals surface area (Å²) in [7, 11) is 0. The third-order valence-corrected chi connectivity index (χ3v) is 5.33. The number of ether oxygens (including phenoxy) is 1. The van der Waals surface area contributed by atoms with Gasteiger partial charge in [-0.25, -0.2) is 4.98 Å². The van der Waals surface area contributed by atoms with E-state index in [1.54, 1.807) is 24.9 Å². The number of thiazole rings is 1. The molecule has 2 aromatic carbocycles. The predicted molar refractivity (Wildman–Crippen MR) is 111 cm³/mol. The van der Waals surface area contributed by atoms with E-state index in [0.29, 0.717) is 17.4 Å². The van der Waals surface area contributed by atoms with Gasteiger partial charge in [0.15, 0.2) is 0 Å². The molecule has 5 nitrogen and oxygen atoms in total. The van der Waals surface area contributed by atoms with E-state index in [1.807, 2.05) is 41.8 Å². The molecule has 27 heavy (non-hydrogen) atoms. The van der Waals surface area contributed by atoms with E-state index in [0.717, 1.165) is 10.5 Å². The number of anilines is 1. The maximum Gasteiger partial charge on any atom is 0.311 e. The minimum absolute atomic E-state index is 0.173. The summed E-state index contributed by atoms with van der Waals surface area (Å²) < 4.78 is 4.93. The molecule has 0 unspecified atom stereocenters. The first kappa shape index (κ1) is 19.1. The van der Waals surface area contributed by atoms with Crippen LogP contribution in [-0.2, 0) is 16.0 Å². The van der Waals surface area contributed by atoms with Crippen molar-refractivity contribution in [1.82, 2.24) is 4.98 Å². The number of nitrogens with zero attached hydrogens (tertiary/aromatic N) is 2. The maximum atomic E-state index is 11.5. The SMILES string of the molecule is CCOC(=O)Cc1csc(NN=Cc2ccccc2Sc2ccccc2)n1. The number of carbonyl (C=O) groups excluding carboxylic acids is 1. The topological polar surface area (TPSA) is 63.6 Å². The molecule has 0 fully saturated rings. The molecule has 1 N–H and O–H groups in total. The van der Waals surface area contributed by atoms with Gasteiger partial charge in [-0.15, -0.1) is 11.3 Å². The molecule has 1 heterocycles. The van der Waals surface area contributed by atoms with E-state index < -0.39 is 0 Å². The van der Waals surface area contributed by atoms with Gasteiger partial charge in [0, 0.05) is 20.7 Å². The first-order valence-corrected chi connectivity index (χ1v) is 10.1. The second-order valence-corrected chi connectivity index (χ2v) is 7.42. The molecular weight excluding hydrogens is 378 g/mol. The van der Waals surface area contributed by atoms with E-state index in [9.17, 15) is 4.79 Å². The van der Waals surface area contributed by atoms with Crippen molar-refractivity contribution in [3.63, 3.8) is 0 Å². The molecule has 0 saturated heterocycles. The average Bonchev–Trinajstić information content (AvgIpc) is 3.11. The van der Waals surface area contributed by atoms with Gasteiger partial charge >= 0.3 is 5.97 Å². The quantitative estimate of drug-likeness (QED) is 0.335. The Morgan fingerprint density at radius 3 is 2.81 bits per heavy atom. The molecule has 0 aliphatic heterocycles. The van der Waals surface area contributed by atoms with E-state index in [1.165, 1.54) is 16.2 Å². The van der Waals surface area contributed by atoms with Gasteiger partial charge in [-0.2, -0.15) is 5.10 Å². The molecule has 0 atom stereocenters. The third-order valence-electron chi connectivity index (χ3n) is 3.44. The number of nitrogens with one attached hydrogen (secondary N) is 1. The molecule has 0 amide bonds. The summed E-state index contributed by atoms with van der Waals surface area (Å²) in [6.07, 6.45) is 1.95. The minimum Gasteiger partial charge on any atom is -0.466 e. The van der Waals surface area contributed by atoms with Crippen LogP contribution in [0.25, 0.3) is 0 Å². The van der Waals surface area contributed by atoms with Crippen LogP contribution in [0.5, 0.6) is 0 Å². The molecule has 3 rings (SSSR count). The van der Waals surface area contributed by atoms with Gasteiger partial charge in [0.25, 0.3) is 0 Å². The van der Waals surface area contributed by atoms with E-state index in [4.69, 9.17) is 4.74 Å². The van der Waals surface area contributed by atoms with Crippen molar-refractivity contribution in [2.24, 2.45) is 5.10 Å². The Labute approximate surface area is 166 Å². The number of hydrogen-bond acceptors (Lipinski definition) is 7. The number of hydrazone groups is 1. The fourth-order valence-corrected chi connectivity index (χ4v) is 3.84. The van der Waals surface area contributed by atoms with Crippen LogP contribution in [0.3, 0.4) is 0 Å². The van der Waals surface area contributed by atoms with Crippen LogP contribution >= 0.6 is 23.1 Å². The van der Waals surface area contributed by atoms with Gasteiger partial charge in [0.1, 0.15) is 0 Å². The number of hydrogen-bond donors (Lipinski definition) is 1. The normalized spacial score (nSPS) is 10.9. The molecule has 1 aromatic heterocycles. The molecule has 0 aliphatic carbocycles. The predicted octanol–water partition coefficient (Wildman–Crippen LogP) is 4.85. The molecule has 7 heteroatoms. The summed E-state index contributed by atoms with van der Waals surface area (Å²) in [5.41, 5.74) is 4.62. The fraction of sp³-hybridized carbons (Fsp3) is 0.150.